The Bertz CT molecular complexity index is 1000. The van der Waals surface area contributed by atoms with Crippen LogP contribution in [-0.4, -0.2) is 34.8 Å². The van der Waals surface area contributed by atoms with Gasteiger partial charge in [0.1, 0.15) is 12.2 Å². The van der Waals surface area contributed by atoms with Crippen molar-refractivity contribution >= 4 is 29.1 Å². The molecule has 1 saturated heterocycles. The molecule has 0 aromatic heterocycles. The zero-order valence-corrected chi connectivity index (χ0v) is 16.3. The van der Waals surface area contributed by atoms with E-state index in [9.17, 15) is 14.4 Å². The molecule has 6 heteroatoms. The van der Waals surface area contributed by atoms with Crippen LogP contribution >= 0.6 is 0 Å². The third-order valence-corrected chi connectivity index (χ3v) is 5.71. The van der Waals surface area contributed by atoms with Gasteiger partial charge in [-0.05, 0) is 56.5 Å². The van der Waals surface area contributed by atoms with Gasteiger partial charge in [0.25, 0.3) is 5.91 Å². The monoisotopic (exact) mass is 377 g/mol. The summed E-state index contributed by atoms with van der Waals surface area (Å²) in [5.74, 6) is -0.524. The Morgan fingerprint density at radius 2 is 1.89 bits per heavy atom. The molecular formula is C22H23N3O3. The molecule has 0 aliphatic carbocycles. The Morgan fingerprint density at radius 1 is 1.14 bits per heavy atom. The SMILES string of the molecule is Cc1ccc(C)c(NC(=O)CN2C(=O)c3ccccc3N3C(=O)CCC23C)c1. The molecule has 1 N–H and O–H groups in total. The molecule has 0 saturated carbocycles. The fraction of sp³-hybridized carbons (Fsp3) is 0.318. The van der Waals surface area contributed by atoms with Crippen LogP contribution in [0.3, 0.4) is 0 Å². The van der Waals surface area contributed by atoms with E-state index >= 15 is 0 Å². The van der Waals surface area contributed by atoms with Gasteiger partial charge in [-0.3, -0.25) is 19.3 Å². The first-order valence-electron chi connectivity index (χ1n) is 9.42. The van der Waals surface area contributed by atoms with Crippen molar-refractivity contribution in [2.24, 2.45) is 0 Å². The van der Waals surface area contributed by atoms with Gasteiger partial charge in [-0.2, -0.15) is 0 Å². The zero-order valence-electron chi connectivity index (χ0n) is 16.3. The molecule has 2 heterocycles. The summed E-state index contributed by atoms with van der Waals surface area (Å²) >= 11 is 0. The van der Waals surface area contributed by atoms with Gasteiger partial charge >= 0.3 is 0 Å². The number of para-hydroxylation sites is 1. The van der Waals surface area contributed by atoms with Gasteiger partial charge in [0.15, 0.2) is 0 Å². The van der Waals surface area contributed by atoms with Crippen LogP contribution in [0.1, 0.15) is 41.3 Å². The molecule has 1 atom stereocenters. The van der Waals surface area contributed by atoms with Crippen LogP contribution in [0.15, 0.2) is 42.5 Å². The van der Waals surface area contributed by atoms with E-state index in [0.29, 0.717) is 24.1 Å². The highest BCUT2D eigenvalue weighted by Crippen LogP contribution is 2.43. The summed E-state index contributed by atoms with van der Waals surface area (Å²) in [6.45, 7) is 5.64. The lowest BCUT2D eigenvalue weighted by Gasteiger charge is -2.48. The maximum Gasteiger partial charge on any atom is 0.258 e. The topological polar surface area (TPSA) is 69.7 Å². The Hall–Kier alpha value is -3.15. The molecular weight excluding hydrogens is 354 g/mol. The van der Waals surface area contributed by atoms with Gasteiger partial charge < -0.3 is 10.2 Å². The molecule has 0 spiro atoms. The van der Waals surface area contributed by atoms with E-state index < -0.39 is 5.66 Å². The van der Waals surface area contributed by atoms with E-state index in [1.807, 2.05) is 45.0 Å². The molecule has 4 rings (SSSR count). The Labute approximate surface area is 164 Å². The van der Waals surface area contributed by atoms with Crippen LogP contribution in [0, 0.1) is 13.8 Å². The van der Waals surface area contributed by atoms with Crippen molar-refractivity contribution in [2.75, 3.05) is 16.8 Å². The number of nitrogens with zero attached hydrogens (tertiary/aromatic N) is 2. The van der Waals surface area contributed by atoms with E-state index in [1.54, 1.807) is 23.1 Å². The average Bonchev–Trinajstić information content (AvgIpc) is 2.97. The molecule has 6 nitrogen and oxygen atoms in total. The third-order valence-electron chi connectivity index (χ3n) is 5.71. The predicted octanol–water partition coefficient (Wildman–Crippen LogP) is 3.24. The molecule has 144 valence electrons. The zero-order chi connectivity index (χ0) is 20.1. The second kappa shape index (κ2) is 6.48. The summed E-state index contributed by atoms with van der Waals surface area (Å²) in [5.41, 5.74) is 2.99. The number of fused-ring (bicyclic) bond motifs is 3. The second-order valence-corrected chi connectivity index (χ2v) is 7.72. The van der Waals surface area contributed by atoms with Crippen molar-refractivity contribution < 1.29 is 14.4 Å². The van der Waals surface area contributed by atoms with Crippen molar-refractivity contribution in [3.63, 3.8) is 0 Å². The summed E-state index contributed by atoms with van der Waals surface area (Å²) in [4.78, 5) is 41.8. The molecule has 1 fully saturated rings. The van der Waals surface area contributed by atoms with Crippen LogP contribution in [-0.2, 0) is 9.59 Å². The first-order valence-corrected chi connectivity index (χ1v) is 9.42. The summed E-state index contributed by atoms with van der Waals surface area (Å²) < 4.78 is 0. The maximum absolute atomic E-state index is 13.2. The number of rotatable bonds is 3. The number of carbonyl (C=O) groups excluding carboxylic acids is 3. The van der Waals surface area contributed by atoms with Gasteiger partial charge in [-0.15, -0.1) is 0 Å². The molecule has 3 amide bonds. The molecule has 2 aliphatic rings. The van der Waals surface area contributed by atoms with Crippen molar-refractivity contribution in [2.45, 2.75) is 39.3 Å². The standard InChI is InChI=1S/C22H23N3O3/c1-14-8-9-15(2)17(12-14)23-19(26)13-24-21(28)16-6-4-5-7-18(16)25-20(27)10-11-22(24,25)3/h4-9,12H,10-11,13H2,1-3H3,(H,23,26). The van der Waals surface area contributed by atoms with E-state index in [4.69, 9.17) is 0 Å². The van der Waals surface area contributed by atoms with Crippen molar-refractivity contribution in [1.82, 2.24) is 4.90 Å². The van der Waals surface area contributed by atoms with Crippen LogP contribution < -0.4 is 10.2 Å². The number of aryl methyl sites for hydroxylation is 2. The van der Waals surface area contributed by atoms with Gasteiger partial charge in [-0.1, -0.05) is 24.3 Å². The highest BCUT2D eigenvalue weighted by atomic mass is 16.2. The molecule has 0 bridgehead atoms. The Morgan fingerprint density at radius 3 is 2.68 bits per heavy atom. The first kappa shape index (κ1) is 18.2. The lowest BCUT2D eigenvalue weighted by molar-refractivity contribution is -0.120. The maximum atomic E-state index is 13.2. The number of carbonyl (C=O) groups is 3. The molecule has 0 radical (unpaired) electrons. The number of amides is 3. The van der Waals surface area contributed by atoms with Crippen LogP contribution in [0.4, 0.5) is 11.4 Å². The number of anilines is 2. The predicted molar refractivity (Wildman–Crippen MR) is 107 cm³/mol. The van der Waals surface area contributed by atoms with Gasteiger partial charge in [0, 0.05) is 12.1 Å². The van der Waals surface area contributed by atoms with Gasteiger partial charge in [-0.25, -0.2) is 0 Å². The van der Waals surface area contributed by atoms with Crippen LogP contribution in [0.5, 0.6) is 0 Å². The van der Waals surface area contributed by atoms with E-state index in [2.05, 4.69) is 5.32 Å². The summed E-state index contributed by atoms with van der Waals surface area (Å²) in [5, 5.41) is 2.91. The fourth-order valence-electron chi connectivity index (χ4n) is 4.15. The van der Waals surface area contributed by atoms with Crippen molar-refractivity contribution in [1.29, 1.82) is 0 Å². The number of hydrogen-bond donors (Lipinski definition) is 1. The average molecular weight is 377 g/mol. The minimum Gasteiger partial charge on any atom is -0.324 e. The van der Waals surface area contributed by atoms with Crippen LogP contribution in [0.2, 0.25) is 0 Å². The lowest BCUT2D eigenvalue weighted by atomic mass is 9.98. The van der Waals surface area contributed by atoms with Crippen molar-refractivity contribution in [3.05, 3.63) is 59.2 Å². The number of hydrogen-bond acceptors (Lipinski definition) is 3. The molecule has 2 aromatic rings. The third kappa shape index (κ3) is 2.76. The quantitative estimate of drug-likeness (QED) is 0.893. The first-order chi connectivity index (χ1) is 13.3. The normalized spacial score (nSPS) is 20.8. The molecule has 2 aromatic carbocycles. The minimum absolute atomic E-state index is 0.0256. The fourth-order valence-corrected chi connectivity index (χ4v) is 4.15. The molecule has 1 unspecified atom stereocenters. The highest BCUT2D eigenvalue weighted by Gasteiger charge is 2.53. The number of nitrogens with one attached hydrogen (secondary N) is 1. The molecule has 28 heavy (non-hydrogen) atoms. The number of benzene rings is 2. The van der Waals surface area contributed by atoms with Crippen LogP contribution in [0.25, 0.3) is 0 Å². The van der Waals surface area contributed by atoms with Gasteiger partial charge in [0.05, 0.1) is 11.3 Å². The lowest BCUT2D eigenvalue weighted by Crippen LogP contribution is -2.63. The van der Waals surface area contributed by atoms with E-state index in [0.717, 1.165) is 16.8 Å². The smallest absolute Gasteiger partial charge is 0.258 e. The van der Waals surface area contributed by atoms with Gasteiger partial charge in [0.2, 0.25) is 11.8 Å². The summed E-state index contributed by atoms with van der Waals surface area (Å²) in [7, 11) is 0. The summed E-state index contributed by atoms with van der Waals surface area (Å²) in [6, 6.07) is 12.9. The largest absolute Gasteiger partial charge is 0.324 e. The molecule has 2 aliphatic heterocycles. The Balaban J connectivity index is 1.65. The van der Waals surface area contributed by atoms with E-state index in [1.165, 1.54) is 4.90 Å². The minimum atomic E-state index is -0.832. The van der Waals surface area contributed by atoms with E-state index in [-0.39, 0.29) is 24.3 Å². The highest BCUT2D eigenvalue weighted by molar-refractivity contribution is 6.11. The summed E-state index contributed by atoms with van der Waals surface area (Å²) in [6.07, 6.45) is 0.857. The Kier molecular flexibility index (Phi) is 4.22. The van der Waals surface area contributed by atoms with Crippen molar-refractivity contribution in [3.8, 4) is 0 Å². The second-order valence-electron chi connectivity index (χ2n) is 7.72.